The number of rotatable bonds is 1. The number of hydrogen-bond acceptors (Lipinski definition) is 2. The van der Waals surface area contributed by atoms with Crippen LogP contribution in [0, 0.1) is 0 Å². The van der Waals surface area contributed by atoms with Crippen LogP contribution in [-0.2, 0) is 0 Å². The Morgan fingerprint density at radius 1 is 1.55 bits per heavy atom. The number of nitrogens with one attached hydrogen (secondary N) is 1. The summed E-state index contributed by atoms with van der Waals surface area (Å²) < 4.78 is 0.920. The van der Waals surface area contributed by atoms with Crippen LogP contribution < -0.4 is 5.32 Å². The Morgan fingerprint density at radius 3 is 2.91 bits per heavy atom. The molecule has 0 unspecified atom stereocenters. The zero-order chi connectivity index (χ0) is 7.68. The average molecular weight is 213 g/mol. The van der Waals surface area contributed by atoms with Crippen LogP contribution in [0.5, 0.6) is 0 Å². The van der Waals surface area contributed by atoms with Gasteiger partial charge in [0, 0.05) is 0 Å². The van der Waals surface area contributed by atoms with Crippen LogP contribution in [0.3, 0.4) is 0 Å². The maximum atomic E-state index is 4.35. The van der Waals surface area contributed by atoms with Crippen molar-refractivity contribution in [1.82, 2.24) is 10.3 Å². The van der Waals surface area contributed by atoms with Crippen molar-refractivity contribution in [3.8, 4) is 0 Å². The second-order valence-electron chi connectivity index (χ2n) is 2.68. The Bertz CT molecular complexity index is 258. The topological polar surface area (TPSA) is 24.9 Å². The van der Waals surface area contributed by atoms with E-state index in [1.165, 1.54) is 6.42 Å². The molecule has 2 nitrogen and oxygen atoms in total. The van der Waals surface area contributed by atoms with Crippen molar-refractivity contribution in [3.63, 3.8) is 0 Å². The van der Waals surface area contributed by atoms with E-state index in [4.69, 9.17) is 0 Å². The van der Waals surface area contributed by atoms with Gasteiger partial charge in [0.2, 0.25) is 0 Å². The van der Waals surface area contributed by atoms with E-state index in [0.29, 0.717) is 6.04 Å². The molecule has 1 aromatic heterocycles. The second-order valence-corrected chi connectivity index (χ2v) is 3.49. The summed E-state index contributed by atoms with van der Waals surface area (Å²) in [5, 5.41) is 3.31. The van der Waals surface area contributed by atoms with Gasteiger partial charge in [-0.2, -0.15) is 0 Å². The van der Waals surface area contributed by atoms with Gasteiger partial charge in [-0.15, -0.1) is 0 Å². The fraction of sp³-hybridized carbons (Fsp3) is 0.375. The fourth-order valence-corrected chi connectivity index (χ4v) is 1.52. The molecule has 1 atom stereocenters. The normalized spacial score (nSPS) is 22.8. The van der Waals surface area contributed by atoms with Crippen molar-refractivity contribution in [3.05, 3.63) is 28.5 Å². The summed E-state index contributed by atoms with van der Waals surface area (Å²) >= 11 is 3.34. The fourth-order valence-electron chi connectivity index (χ4n) is 1.16. The minimum absolute atomic E-state index is 0.493. The first-order valence-corrected chi connectivity index (χ1v) is 4.51. The summed E-state index contributed by atoms with van der Waals surface area (Å²) in [6, 6.07) is 6.52. The first kappa shape index (κ1) is 7.25. The molecule has 1 N–H and O–H groups in total. The standard InChI is InChI=1S/C8H9BrN2/c9-8-3-1-2-7(11-8)6-4-5-10-6/h1-3,6,10H,4-5H2/t6-/m0/s1. The number of halogens is 1. The zero-order valence-corrected chi connectivity index (χ0v) is 7.63. The number of pyridine rings is 1. The summed E-state index contributed by atoms with van der Waals surface area (Å²) in [6.07, 6.45) is 1.21. The minimum atomic E-state index is 0.493. The number of hydrogen-bond donors (Lipinski definition) is 1. The molecule has 0 radical (unpaired) electrons. The van der Waals surface area contributed by atoms with Gasteiger partial charge in [0.15, 0.2) is 0 Å². The van der Waals surface area contributed by atoms with Crippen molar-refractivity contribution in [2.75, 3.05) is 6.54 Å². The van der Waals surface area contributed by atoms with E-state index in [-0.39, 0.29) is 0 Å². The second kappa shape index (κ2) is 2.91. The van der Waals surface area contributed by atoms with Crippen LogP contribution in [0.25, 0.3) is 0 Å². The summed E-state index contributed by atoms with van der Waals surface area (Å²) in [5.41, 5.74) is 1.14. The molecule has 1 saturated heterocycles. The quantitative estimate of drug-likeness (QED) is 0.720. The van der Waals surface area contributed by atoms with E-state index in [9.17, 15) is 0 Å². The highest BCUT2D eigenvalue weighted by atomic mass is 79.9. The lowest BCUT2D eigenvalue weighted by Gasteiger charge is -2.26. The van der Waals surface area contributed by atoms with Crippen molar-refractivity contribution in [1.29, 1.82) is 0 Å². The van der Waals surface area contributed by atoms with E-state index in [2.05, 4.69) is 32.3 Å². The summed E-state index contributed by atoms with van der Waals surface area (Å²) in [6.45, 7) is 1.12. The van der Waals surface area contributed by atoms with Gasteiger partial charge in [-0.05, 0) is 41.0 Å². The Hall–Kier alpha value is -0.410. The summed E-state index contributed by atoms with van der Waals surface area (Å²) in [7, 11) is 0. The Labute approximate surface area is 74.2 Å². The van der Waals surface area contributed by atoms with Crippen LogP contribution >= 0.6 is 15.9 Å². The van der Waals surface area contributed by atoms with Gasteiger partial charge >= 0.3 is 0 Å². The lowest BCUT2D eigenvalue weighted by molar-refractivity contribution is 0.375. The van der Waals surface area contributed by atoms with Gasteiger partial charge in [0.25, 0.3) is 0 Å². The molecule has 2 heterocycles. The van der Waals surface area contributed by atoms with Crippen LogP contribution in [0.2, 0.25) is 0 Å². The van der Waals surface area contributed by atoms with Gasteiger partial charge in [0.1, 0.15) is 4.60 Å². The zero-order valence-electron chi connectivity index (χ0n) is 6.05. The number of aromatic nitrogens is 1. The minimum Gasteiger partial charge on any atom is -0.309 e. The largest absolute Gasteiger partial charge is 0.309 e. The van der Waals surface area contributed by atoms with Crippen LogP contribution in [0.1, 0.15) is 18.2 Å². The number of nitrogens with zero attached hydrogens (tertiary/aromatic N) is 1. The highest BCUT2D eigenvalue weighted by Crippen LogP contribution is 2.21. The van der Waals surface area contributed by atoms with E-state index in [0.717, 1.165) is 16.8 Å². The lowest BCUT2D eigenvalue weighted by Crippen LogP contribution is -2.35. The molecule has 0 aromatic carbocycles. The van der Waals surface area contributed by atoms with E-state index < -0.39 is 0 Å². The molecule has 0 spiro atoms. The molecule has 1 aromatic rings. The van der Waals surface area contributed by atoms with Crippen molar-refractivity contribution < 1.29 is 0 Å². The van der Waals surface area contributed by atoms with Gasteiger partial charge < -0.3 is 5.32 Å². The first-order valence-electron chi connectivity index (χ1n) is 3.72. The van der Waals surface area contributed by atoms with E-state index in [1.807, 2.05) is 12.1 Å². The monoisotopic (exact) mass is 212 g/mol. The lowest BCUT2D eigenvalue weighted by atomic mass is 10.0. The predicted octanol–water partition coefficient (Wildman–Crippen LogP) is 1.88. The van der Waals surface area contributed by atoms with E-state index >= 15 is 0 Å². The average Bonchev–Trinajstić information content (AvgIpc) is 1.83. The van der Waals surface area contributed by atoms with Crippen molar-refractivity contribution >= 4 is 15.9 Å². The summed E-state index contributed by atoms with van der Waals surface area (Å²) in [5.74, 6) is 0. The molecular formula is C8H9BrN2. The molecule has 2 rings (SSSR count). The highest BCUT2D eigenvalue weighted by Gasteiger charge is 2.19. The van der Waals surface area contributed by atoms with Crippen LogP contribution in [0.15, 0.2) is 22.8 Å². The van der Waals surface area contributed by atoms with Gasteiger partial charge in [-0.1, -0.05) is 6.07 Å². The van der Waals surface area contributed by atoms with E-state index in [1.54, 1.807) is 0 Å². The van der Waals surface area contributed by atoms with Gasteiger partial charge in [0.05, 0.1) is 11.7 Å². The van der Waals surface area contributed by atoms with Gasteiger partial charge in [-0.25, -0.2) is 4.98 Å². The molecule has 3 heteroatoms. The van der Waals surface area contributed by atoms with Crippen LogP contribution in [-0.4, -0.2) is 11.5 Å². The third-order valence-electron chi connectivity index (χ3n) is 1.92. The molecule has 0 saturated carbocycles. The van der Waals surface area contributed by atoms with Gasteiger partial charge in [-0.3, -0.25) is 0 Å². The van der Waals surface area contributed by atoms with Crippen molar-refractivity contribution in [2.24, 2.45) is 0 Å². The Balaban J connectivity index is 2.23. The third-order valence-corrected chi connectivity index (χ3v) is 2.36. The smallest absolute Gasteiger partial charge is 0.106 e. The molecule has 0 amide bonds. The molecule has 0 bridgehead atoms. The molecule has 11 heavy (non-hydrogen) atoms. The maximum absolute atomic E-state index is 4.35. The molecular weight excluding hydrogens is 204 g/mol. The van der Waals surface area contributed by atoms with Crippen LogP contribution in [0.4, 0.5) is 0 Å². The molecule has 0 aliphatic carbocycles. The predicted molar refractivity (Wildman–Crippen MR) is 47.3 cm³/mol. The molecule has 1 aliphatic rings. The first-order chi connectivity index (χ1) is 5.36. The third kappa shape index (κ3) is 1.44. The Kier molecular flexibility index (Phi) is 1.92. The summed E-state index contributed by atoms with van der Waals surface area (Å²) in [4.78, 5) is 4.35. The SMILES string of the molecule is Brc1cccc([C@@H]2CCN2)n1. The Morgan fingerprint density at radius 2 is 2.36 bits per heavy atom. The highest BCUT2D eigenvalue weighted by molar-refractivity contribution is 9.10. The molecule has 58 valence electrons. The maximum Gasteiger partial charge on any atom is 0.106 e. The molecule has 1 aliphatic heterocycles. The molecule has 1 fully saturated rings. The van der Waals surface area contributed by atoms with Crippen molar-refractivity contribution in [2.45, 2.75) is 12.5 Å².